The van der Waals surface area contributed by atoms with Crippen LogP contribution in [0.15, 0.2) is 48.5 Å². The number of fused-ring (bicyclic) bond motifs is 2. The molecule has 2 aliphatic heterocycles. The molecule has 2 aliphatic rings. The van der Waals surface area contributed by atoms with E-state index in [4.69, 9.17) is 9.47 Å². The van der Waals surface area contributed by atoms with Gasteiger partial charge in [-0.3, -0.25) is 9.59 Å². The number of carbonyl (C=O) groups is 3. The zero-order chi connectivity index (χ0) is 22.3. The van der Waals surface area contributed by atoms with Crippen LogP contribution in [-0.2, 0) is 19.1 Å². The van der Waals surface area contributed by atoms with Crippen molar-refractivity contribution in [3.63, 3.8) is 0 Å². The van der Waals surface area contributed by atoms with Crippen LogP contribution < -0.4 is 5.32 Å². The Morgan fingerprint density at radius 2 is 1.81 bits per heavy atom. The van der Waals surface area contributed by atoms with Crippen LogP contribution in [0.25, 0.3) is 21.8 Å². The number of hydrogen-bond acceptors (Lipinski definition) is 6. The number of pyridine rings is 1. The molecule has 1 spiro atoms. The molecule has 2 aromatic carbocycles. The average Bonchev–Trinajstić information content (AvgIpc) is 3.42. The lowest BCUT2D eigenvalue weighted by Gasteiger charge is -2.23. The van der Waals surface area contributed by atoms with Gasteiger partial charge in [0.05, 0.1) is 37.3 Å². The molecule has 2 N–H and O–H groups in total. The highest BCUT2D eigenvalue weighted by Crippen LogP contribution is 2.34. The number of rotatable bonds is 4. The maximum Gasteiger partial charge on any atom is 0.326 e. The summed E-state index contributed by atoms with van der Waals surface area (Å²) in [5, 5.41) is 13.9. The van der Waals surface area contributed by atoms with Gasteiger partial charge in [-0.15, -0.1) is 0 Å². The number of carboxylic acid groups (broad SMARTS) is 1. The van der Waals surface area contributed by atoms with E-state index in [9.17, 15) is 19.5 Å². The predicted octanol–water partition coefficient (Wildman–Crippen LogP) is 1.55. The molecule has 164 valence electrons. The van der Waals surface area contributed by atoms with Crippen molar-refractivity contribution in [2.24, 2.45) is 0 Å². The second-order valence-electron chi connectivity index (χ2n) is 7.96. The average molecular weight is 435 g/mol. The molecule has 1 atom stereocenters. The molecule has 0 aliphatic carbocycles. The number of likely N-dealkylation sites (tertiary alicyclic amines) is 1. The van der Waals surface area contributed by atoms with Gasteiger partial charge in [0.15, 0.2) is 5.79 Å². The molecule has 1 aromatic heterocycles. The second kappa shape index (κ2) is 7.85. The maximum absolute atomic E-state index is 12.7. The minimum atomic E-state index is -1.13. The van der Waals surface area contributed by atoms with E-state index in [1.54, 1.807) is 18.2 Å². The van der Waals surface area contributed by atoms with Gasteiger partial charge in [0.2, 0.25) is 5.91 Å². The highest BCUT2D eigenvalue weighted by molar-refractivity contribution is 6.01. The fraction of sp³-hybridized carbons (Fsp3) is 0.304. The lowest BCUT2D eigenvalue weighted by Crippen LogP contribution is -2.46. The fourth-order valence-electron chi connectivity index (χ4n) is 4.31. The number of benzene rings is 2. The molecule has 3 heterocycles. The largest absolute Gasteiger partial charge is 0.480 e. The van der Waals surface area contributed by atoms with Crippen LogP contribution in [0.2, 0.25) is 0 Å². The number of nitrogens with zero attached hydrogens (tertiary/aromatic N) is 2. The molecular formula is C23H21N3O6. The summed E-state index contributed by atoms with van der Waals surface area (Å²) in [6, 6.07) is 13.8. The minimum Gasteiger partial charge on any atom is -0.480 e. The van der Waals surface area contributed by atoms with Crippen LogP contribution in [0.4, 0.5) is 0 Å². The summed E-state index contributed by atoms with van der Waals surface area (Å²) in [7, 11) is 0. The molecule has 3 aromatic rings. The van der Waals surface area contributed by atoms with Gasteiger partial charge in [-0.1, -0.05) is 18.2 Å². The minimum absolute atomic E-state index is 0.0212. The first-order chi connectivity index (χ1) is 15.4. The first-order valence-electron chi connectivity index (χ1n) is 10.3. The Morgan fingerprint density at radius 1 is 1.06 bits per heavy atom. The number of ether oxygens (including phenoxy) is 2. The summed E-state index contributed by atoms with van der Waals surface area (Å²) in [6.07, 6.45) is 0.0631. The van der Waals surface area contributed by atoms with Crippen LogP contribution in [0.5, 0.6) is 0 Å². The quantitative estimate of drug-likeness (QED) is 0.597. The van der Waals surface area contributed by atoms with E-state index in [-0.39, 0.29) is 19.5 Å². The van der Waals surface area contributed by atoms with E-state index in [1.165, 1.54) is 4.90 Å². The normalized spacial score (nSPS) is 19.6. The third-order valence-electron chi connectivity index (χ3n) is 5.89. The van der Waals surface area contributed by atoms with Crippen molar-refractivity contribution in [3.8, 4) is 0 Å². The number of para-hydroxylation sites is 1. The van der Waals surface area contributed by atoms with Crippen molar-refractivity contribution in [3.05, 3.63) is 54.1 Å². The lowest BCUT2D eigenvalue weighted by molar-refractivity contribution is -0.152. The van der Waals surface area contributed by atoms with Crippen molar-refractivity contribution in [2.45, 2.75) is 18.2 Å². The predicted molar refractivity (Wildman–Crippen MR) is 114 cm³/mol. The summed E-state index contributed by atoms with van der Waals surface area (Å²) >= 11 is 0. The Morgan fingerprint density at radius 3 is 2.59 bits per heavy atom. The highest BCUT2D eigenvalue weighted by atomic mass is 16.7. The summed E-state index contributed by atoms with van der Waals surface area (Å²) in [5.41, 5.74) is 2.02. The Labute approximate surface area is 182 Å². The SMILES string of the molecule is O=C(NCC(=O)N1CC2(CC1C(=O)O)OCCO2)c1ccc2nc3ccccc3cc2c1. The molecule has 0 bridgehead atoms. The van der Waals surface area contributed by atoms with Gasteiger partial charge in [-0.05, 0) is 30.3 Å². The molecule has 0 radical (unpaired) electrons. The molecule has 1 unspecified atom stereocenters. The topological polar surface area (TPSA) is 118 Å². The zero-order valence-corrected chi connectivity index (χ0v) is 17.1. The van der Waals surface area contributed by atoms with Crippen molar-refractivity contribution in [2.75, 3.05) is 26.3 Å². The molecule has 2 fully saturated rings. The highest BCUT2D eigenvalue weighted by Gasteiger charge is 2.52. The Balaban J connectivity index is 1.29. The van der Waals surface area contributed by atoms with Gasteiger partial charge >= 0.3 is 5.97 Å². The van der Waals surface area contributed by atoms with Crippen molar-refractivity contribution in [1.29, 1.82) is 0 Å². The lowest BCUT2D eigenvalue weighted by atomic mass is 10.1. The smallest absolute Gasteiger partial charge is 0.326 e. The number of aliphatic carboxylic acids is 1. The molecule has 2 amide bonds. The maximum atomic E-state index is 12.7. The van der Waals surface area contributed by atoms with Crippen LogP contribution in [0.1, 0.15) is 16.8 Å². The van der Waals surface area contributed by atoms with Gasteiger partial charge in [0.25, 0.3) is 5.91 Å². The van der Waals surface area contributed by atoms with Crippen LogP contribution in [-0.4, -0.2) is 70.9 Å². The summed E-state index contributed by atoms with van der Waals surface area (Å²) in [4.78, 5) is 42.8. The first kappa shape index (κ1) is 20.3. The van der Waals surface area contributed by atoms with Gasteiger partial charge in [-0.2, -0.15) is 0 Å². The van der Waals surface area contributed by atoms with E-state index < -0.39 is 29.6 Å². The summed E-state index contributed by atoms with van der Waals surface area (Å²) < 4.78 is 11.1. The number of carbonyl (C=O) groups excluding carboxylic acids is 2. The Hall–Kier alpha value is -3.56. The third-order valence-corrected chi connectivity index (χ3v) is 5.89. The van der Waals surface area contributed by atoms with Gasteiger partial charge in [0.1, 0.15) is 6.04 Å². The van der Waals surface area contributed by atoms with E-state index in [0.717, 1.165) is 21.8 Å². The number of aromatic nitrogens is 1. The summed E-state index contributed by atoms with van der Waals surface area (Å²) in [6.45, 7) is 0.411. The standard InChI is InChI=1S/C23H21N3O6/c27-20(26-13-23(31-7-8-32-23)11-19(26)22(29)30)12-24-21(28)15-5-6-18-16(10-15)9-14-3-1-2-4-17(14)25-18/h1-6,9-10,19H,7-8,11-13H2,(H,24,28)(H,29,30). The molecule has 9 nitrogen and oxygen atoms in total. The van der Waals surface area contributed by atoms with Gasteiger partial charge in [0, 0.05) is 22.8 Å². The molecular weight excluding hydrogens is 414 g/mol. The van der Waals surface area contributed by atoms with E-state index in [2.05, 4.69) is 10.3 Å². The van der Waals surface area contributed by atoms with E-state index >= 15 is 0 Å². The number of hydrogen-bond donors (Lipinski definition) is 2. The molecule has 0 saturated carbocycles. The number of carboxylic acids is 1. The van der Waals surface area contributed by atoms with E-state index in [0.29, 0.717) is 18.8 Å². The third kappa shape index (κ3) is 3.65. The van der Waals surface area contributed by atoms with Crippen molar-refractivity contribution < 1.29 is 29.0 Å². The number of nitrogens with one attached hydrogen (secondary N) is 1. The molecule has 2 saturated heterocycles. The number of amides is 2. The zero-order valence-electron chi connectivity index (χ0n) is 17.1. The van der Waals surface area contributed by atoms with Crippen molar-refractivity contribution in [1.82, 2.24) is 15.2 Å². The fourth-order valence-corrected chi connectivity index (χ4v) is 4.31. The van der Waals surface area contributed by atoms with Crippen LogP contribution >= 0.6 is 0 Å². The second-order valence-corrected chi connectivity index (χ2v) is 7.96. The molecule has 9 heteroatoms. The van der Waals surface area contributed by atoms with E-state index in [1.807, 2.05) is 30.3 Å². The molecule has 5 rings (SSSR count). The first-order valence-corrected chi connectivity index (χ1v) is 10.3. The Bertz CT molecular complexity index is 1240. The summed E-state index contributed by atoms with van der Waals surface area (Å²) in [5.74, 6) is -3.13. The Kier molecular flexibility index (Phi) is 4.99. The van der Waals surface area contributed by atoms with Gasteiger partial charge < -0.3 is 24.8 Å². The van der Waals surface area contributed by atoms with Crippen molar-refractivity contribution >= 4 is 39.6 Å². The van der Waals surface area contributed by atoms with Crippen LogP contribution in [0, 0.1) is 0 Å². The van der Waals surface area contributed by atoms with Crippen LogP contribution in [0.3, 0.4) is 0 Å². The monoisotopic (exact) mass is 435 g/mol. The van der Waals surface area contributed by atoms with Gasteiger partial charge in [-0.25, -0.2) is 9.78 Å². The molecule has 32 heavy (non-hydrogen) atoms.